The second kappa shape index (κ2) is 10.8. The SMILES string of the molecule is CCNC(=NCCS(=O)Cc1ccccc1)N1CCC(N2CCOCC2)C1. The highest BCUT2D eigenvalue weighted by molar-refractivity contribution is 7.84. The molecule has 0 spiro atoms. The Morgan fingerprint density at radius 2 is 2.04 bits per heavy atom. The zero-order valence-electron chi connectivity index (χ0n) is 16.3. The maximum Gasteiger partial charge on any atom is 0.193 e. The van der Waals surface area contributed by atoms with Crippen LogP contribution in [0.25, 0.3) is 0 Å². The minimum atomic E-state index is -0.879. The fourth-order valence-corrected chi connectivity index (χ4v) is 4.69. The summed E-state index contributed by atoms with van der Waals surface area (Å²) < 4.78 is 17.8. The number of aliphatic imine (C=N–C) groups is 1. The van der Waals surface area contributed by atoms with Crippen LogP contribution in [0.4, 0.5) is 0 Å². The highest BCUT2D eigenvalue weighted by Crippen LogP contribution is 2.17. The largest absolute Gasteiger partial charge is 0.379 e. The van der Waals surface area contributed by atoms with Gasteiger partial charge in [0.15, 0.2) is 5.96 Å². The van der Waals surface area contributed by atoms with E-state index in [1.807, 2.05) is 30.3 Å². The lowest BCUT2D eigenvalue weighted by molar-refractivity contribution is 0.0195. The zero-order valence-corrected chi connectivity index (χ0v) is 17.1. The third kappa shape index (κ3) is 6.30. The molecule has 2 atom stereocenters. The Morgan fingerprint density at radius 1 is 1.26 bits per heavy atom. The number of ether oxygens (including phenoxy) is 1. The zero-order chi connectivity index (χ0) is 18.9. The van der Waals surface area contributed by atoms with Crippen molar-refractivity contribution in [2.75, 3.05) is 58.2 Å². The van der Waals surface area contributed by atoms with Crippen molar-refractivity contribution in [2.24, 2.45) is 4.99 Å². The molecule has 6 nitrogen and oxygen atoms in total. The van der Waals surface area contributed by atoms with Crippen molar-refractivity contribution >= 4 is 16.8 Å². The molecule has 0 saturated carbocycles. The average Bonchev–Trinajstić information content (AvgIpc) is 3.19. The molecule has 0 aromatic heterocycles. The van der Waals surface area contributed by atoms with Crippen molar-refractivity contribution in [2.45, 2.75) is 25.1 Å². The van der Waals surface area contributed by atoms with Crippen LogP contribution in [-0.2, 0) is 21.3 Å². The molecule has 2 aliphatic heterocycles. The van der Waals surface area contributed by atoms with Gasteiger partial charge in [0.2, 0.25) is 0 Å². The van der Waals surface area contributed by atoms with Crippen LogP contribution in [0.2, 0.25) is 0 Å². The van der Waals surface area contributed by atoms with Crippen LogP contribution in [0.15, 0.2) is 35.3 Å². The van der Waals surface area contributed by atoms with Gasteiger partial charge in [0.1, 0.15) is 0 Å². The van der Waals surface area contributed by atoms with Crippen LogP contribution in [0.3, 0.4) is 0 Å². The molecule has 2 fully saturated rings. The Morgan fingerprint density at radius 3 is 2.78 bits per heavy atom. The molecule has 0 amide bonds. The second-order valence-corrected chi connectivity index (χ2v) is 8.62. The van der Waals surface area contributed by atoms with E-state index in [0.29, 0.717) is 24.1 Å². The summed E-state index contributed by atoms with van der Waals surface area (Å²) in [6, 6.07) is 10.6. The second-order valence-electron chi connectivity index (χ2n) is 7.05. The van der Waals surface area contributed by atoms with Gasteiger partial charge in [0.25, 0.3) is 0 Å². The third-order valence-corrected chi connectivity index (χ3v) is 6.40. The number of morpholine rings is 1. The molecule has 1 N–H and O–H groups in total. The van der Waals surface area contributed by atoms with E-state index >= 15 is 0 Å². The summed E-state index contributed by atoms with van der Waals surface area (Å²) in [6.07, 6.45) is 1.17. The number of guanidine groups is 1. The van der Waals surface area contributed by atoms with E-state index in [2.05, 4.69) is 22.0 Å². The molecule has 1 aromatic rings. The van der Waals surface area contributed by atoms with Crippen LogP contribution in [0.1, 0.15) is 18.9 Å². The van der Waals surface area contributed by atoms with E-state index in [4.69, 9.17) is 9.73 Å². The van der Waals surface area contributed by atoms with E-state index in [1.165, 1.54) is 6.42 Å². The number of benzene rings is 1. The summed E-state index contributed by atoms with van der Waals surface area (Å²) >= 11 is 0. The predicted molar refractivity (Wildman–Crippen MR) is 112 cm³/mol. The van der Waals surface area contributed by atoms with Gasteiger partial charge in [-0.05, 0) is 18.9 Å². The molecule has 150 valence electrons. The molecule has 2 heterocycles. The summed E-state index contributed by atoms with van der Waals surface area (Å²) in [4.78, 5) is 9.65. The summed E-state index contributed by atoms with van der Waals surface area (Å²) in [6.45, 7) is 9.34. The van der Waals surface area contributed by atoms with Crippen LogP contribution in [0, 0.1) is 0 Å². The van der Waals surface area contributed by atoms with Gasteiger partial charge in [-0.2, -0.15) is 0 Å². The van der Waals surface area contributed by atoms with E-state index < -0.39 is 10.8 Å². The Bertz CT molecular complexity index is 620. The van der Waals surface area contributed by atoms with Crippen LogP contribution < -0.4 is 5.32 Å². The summed E-state index contributed by atoms with van der Waals surface area (Å²) in [5, 5.41) is 3.41. The smallest absolute Gasteiger partial charge is 0.193 e. The third-order valence-electron chi connectivity index (χ3n) is 5.11. The molecule has 2 unspecified atom stereocenters. The standard InChI is InChI=1S/C20H32N4O2S/c1-2-21-20(22-9-15-27(25)17-18-6-4-3-5-7-18)24-10-8-19(16-24)23-11-13-26-14-12-23/h3-7,19H,2,8-17H2,1H3,(H,21,22). The molecule has 3 rings (SSSR count). The summed E-state index contributed by atoms with van der Waals surface area (Å²) in [5.74, 6) is 2.17. The molecule has 0 bridgehead atoms. The van der Waals surface area contributed by atoms with Gasteiger partial charge in [-0.3, -0.25) is 14.1 Å². The Kier molecular flexibility index (Phi) is 8.10. The first-order valence-electron chi connectivity index (χ1n) is 10.00. The molecule has 27 heavy (non-hydrogen) atoms. The fraction of sp³-hybridized carbons (Fsp3) is 0.650. The lowest BCUT2D eigenvalue weighted by atomic mass is 10.2. The van der Waals surface area contributed by atoms with Crippen LogP contribution in [0.5, 0.6) is 0 Å². The number of rotatable bonds is 7. The highest BCUT2D eigenvalue weighted by atomic mass is 32.2. The molecule has 2 aliphatic rings. The minimum Gasteiger partial charge on any atom is -0.379 e. The van der Waals surface area contributed by atoms with Crippen LogP contribution >= 0.6 is 0 Å². The van der Waals surface area contributed by atoms with Gasteiger partial charge in [-0.25, -0.2) is 0 Å². The number of nitrogens with zero attached hydrogens (tertiary/aromatic N) is 3. The first-order chi connectivity index (χ1) is 13.3. The summed E-state index contributed by atoms with van der Waals surface area (Å²) in [5.41, 5.74) is 1.12. The maximum atomic E-state index is 12.3. The van der Waals surface area contributed by atoms with Gasteiger partial charge in [0, 0.05) is 61.1 Å². The average molecular weight is 393 g/mol. The quantitative estimate of drug-likeness (QED) is 0.560. The van der Waals surface area contributed by atoms with Crippen molar-refractivity contribution in [3.8, 4) is 0 Å². The normalized spacial score (nSPS) is 22.8. The topological polar surface area (TPSA) is 57.2 Å². The first-order valence-corrected chi connectivity index (χ1v) is 11.5. The van der Waals surface area contributed by atoms with Crippen molar-refractivity contribution < 1.29 is 8.95 Å². The monoisotopic (exact) mass is 392 g/mol. The van der Waals surface area contributed by atoms with E-state index in [0.717, 1.165) is 57.5 Å². The van der Waals surface area contributed by atoms with E-state index in [-0.39, 0.29) is 0 Å². The number of hydrogen-bond acceptors (Lipinski definition) is 4. The Balaban J connectivity index is 1.48. The molecule has 1 aromatic carbocycles. The van der Waals surface area contributed by atoms with E-state index in [9.17, 15) is 4.21 Å². The Hall–Kier alpha value is -1.44. The number of likely N-dealkylation sites (tertiary alicyclic amines) is 1. The van der Waals surface area contributed by atoms with Crippen molar-refractivity contribution in [3.05, 3.63) is 35.9 Å². The lowest BCUT2D eigenvalue weighted by Crippen LogP contribution is -2.46. The lowest BCUT2D eigenvalue weighted by Gasteiger charge is -2.32. The molecular weight excluding hydrogens is 360 g/mol. The predicted octanol–water partition coefficient (Wildman–Crippen LogP) is 1.31. The number of nitrogens with one attached hydrogen (secondary N) is 1. The van der Waals surface area contributed by atoms with Crippen molar-refractivity contribution in [1.82, 2.24) is 15.1 Å². The molecule has 7 heteroatoms. The summed E-state index contributed by atoms with van der Waals surface area (Å²) in [7, 11) is -0.879. The van der Waals surface area contributed by atoms with Gasteiger partial charge < -0.3 is 15.0 Å². The molecule has 0 radical (unpaired) electrons. The van der Waals surface area contributed by atoms with Crippen molar-refractivity contribution in [3.63, 3.8) is 0 Å². The Labute approximate surface area is 165 Å². The van der Waals surface area contributed by atoms with Crippen molar-refractivity contribution in [1.29, 1.82) is 0 Å². The molecule has 2 saturated heterocycles. The van der Waals surface area contributed by atoms with Crippen LogP contribution in [-0.4, -0.2) is 84.2 Å². The van der Waals surface area contributed by atoms with Gasteiger partial charge in [-0.15, -0.1) is 0 Å². The number of hydrogen-bond donors (Lipinski definition) is 1. The fourth-order valence-electron chi connectivity index (χ4n) is 3.69. The highest BCUT2D eigenvalue weighted by Gasteiger charge is 2.30. The van der Waals surface area contributed by atoms with Gasteiger partial charge >= 0.3 is 0 Å². The minimum absolute atomic E-state index is 0.588. The first kappa shape index (κ1) is 20.3. The molecule has 0 aliphatic carbocycles. The van der Waals surface area contributed by atoms with E-state index in [1.54, 1.807) is 0 Å². The molecular formula is C20H32N4O2S. The van der Waals surface area contributed by atoms with Gasteiger partial charge in [0.05, 0.1) is 19.8 Å². The van der Waals surface area contributed by atoms with Gasteiger partial charge in [-0.1, -0.05) is 30.3 Å². The maximum absolute atomic E-state index is 12.3.